The van der Waals surface area contributed by atoms with Gasteiger partial charge in [-0.3, -0.25) is 9.59 Å². The second-order valence-corrected chi connectivity index (χ2v) is 8.21. The van der Waals surface area contributed by atoms with E-state index < -0.39 is 0 Å². The minimum Gasteiger partial charge on any atom is -0.289 e. The highest BCUT2D eigenvalue weighted by Gasteiger charge is 2.09. The van der Waals surface area contributed by atoms with E-state index in [2.05, 4.69) is 39.2 Å². The highest BCUT2D eigenvalue weighted by Crippen LogP contribution is 2.22. The predicted molar refractivity (Wildman–Crippen MR) is 137 cm³/mol. The molecule has 0 aromatic heterocycles. The molecular weight excluding hydrogens is 392 g/mol. The number of rotatable bonds is 14. The molecule has 2 aromatic carbocycles. The maximum Gasteiger partial charge on any atom is 0.185 e. The molecule has 2 nitrogen and oxygen atoms in total. The Morgan fingerprint density at radius 2 is 1.09 bits per heavy atom. The Balaban J connectivity index is 2.38. The van der Waals surface area contributed by atoms with E-state index in [0.717, 1.165) is 49.7 Å². The van der Waals surface area contributed by atoms with Gasteiger partial charge in [-0.25, -0.2) is 0 Å². The van der Waals surface area contributed by atoms with Crippen LogP contribution in [0.15, 0.2) is 61.7 Å². The molecule has 2 aromatic rings. The number of aryl methyl sites for hydroxylation is 2. The number of carbonyl (C=O) groups is 2. The first-order chi connectivity index (χ1) is 15.5. The Kier molecular flexibility index (Phi) is 10.6. The lowest BCUT2D eigenvalue weighted by Crippen LogP contribution is -1.99. The summed E-state index contributed by atoms with van der Waals surface area (Å²) in [6, 6.07) is 11.8. The fourth-order valence-corrected chi connectivity index (χ4v) is 3.82. The fraction of sp³-hybridized carbons (Fsp3) is 0.333. The van der Waals surface area contributed by atoms with E-state index in [1.54, 1.807) is 0 Å². The van der Waals surface area contributed by atoms with E-state index in [-0.39, 0.29) is 11.6 Å². The summed E-state index contributed by atoms with van der Waals surface area (Å²) >= 11 is 0. The molecule has 0 radical (unpaired) electrons. The number of ketones is 2. The number of carbonyl (C=O) groups excluding carboxylic acids is 2. The van der Waals surface area contributed by atoms with Gasteiger partial charge in [-0.05, 0) is 72.2 Å². The standard InChI is InChI=1S/C30H36O2/c1-5-9-11-13-25-21-27(29(31)7-3)19-17-23(25)15-16-24-18-20-28(30(32)8-4)22-26(24)14-12-10-6-2/h7-8,15-22H,3-6,9-14H2,1-2H3/b16-15+. The van der Waals surface area contributed by atoms with Crippen molar-refractivity contribution in [2.24, 2.45) is 0 Å². The first-order valence-electron chi connectivity index (χ1n) is 11.8. The van der Waals surface area contributed by atoms with E-state index >= 15 is 0 Å². The third kappa shape index (κ3) is 7.30. The number of hydrogen-bond acceptors (Lipinski definition) is 2. The van der Waals surface area contributed by atoms with Gasteiger partial charge in [0.05, 0.1) is 0 Å². The third-order valence-corrected chi connectivity index (χ3v) is 5.77. The summed E-state index contributed by atoms with van der Waals surface area (Å²) in [4.78, 5) is 24.2. The third-order valence-electron chi connectivity index (χ3n) is 5.77. The Hall–Kier alpha value is -3.00. The lowest BCUT2D eigenvalue weighted by Gasteiger charge is -2.10. The molecule has 0 aliphatic rings. The number of benzene rings is 2. The molecule has 0 aliphatic heterocycles. The van der Waals surface area contributed by atoms with Gasteiger partial charge in [-0.15, -0.1) is 0 Å². The Morgan fingerprint density at radius 1 is 0.688 bits per heavy atom. The SMILES string of the molecule is C=CC(=O)c1ccc(/C=C/c2ccc(C(=O)C=C)cc2CCCCC)c(CCCCC)c1. The van der Waals surface area contributed by atoms with Crippen molar-refractivity contribution in [3.63, 3.8) is 0 Å². The van der Waals surface area contributed by atoms with Crippen molar-refractivity contribution in [3.8, 4) is 0 Å². The lowest BCUT2D eigenvalue weighted by molar-refractivity contribution is 0.103. The van der Waals surface area contributed by atoms with Crippen LogP contribution in [-0.2, 0) is 12.8 Å². The van der Waals surface area contributed by atoms with Gasteiger partial charge in [-0.1, -0.05) is 89.1 Å². The normalized spacial score (nSPS) is 10.9. The van der Waals surface area contributed by atoms with Gasteiger partial charge in [-0.2, -0.15) is 0 Å². The number of allylic oxidation sites excluding steroid dienone is 2. The van der Waals surface area contributed by atoms with Crippen LogP contribution in [-0.4, -0.2) is 11.6 Å². The molecule has 0 spiro atoms. The Bertz CT molecular complexity index is 899. The first-order valence-corrected chi connectivity index (χ1v) is 11.8. The van der Waals surface area contributed by atoms with Gasteiger partial charge < -0.3 is 0 Å². The molecule has 0 bridgehead atoms. The summed E-state index contributed by atoms with van der Waals surface area (Å²) in [5.41, 5.74) is 6.02. The van der Waals surface area contributed by atoms with Gasteiger partial charge in [0.2, 0.25) is 0 Å². The molecule has 0 N–H and O–H groups in total. The quantitative estimate of drug-likeness (QED) is 0.132. The molecule has 0 saturated carbocycles. The van der Waals surface area contributed by atoms with Crippen LogP contribution in [0.2, 0.25) is 0 Å². The van der Waals surface area contributed by atoms with Crippen LogP contribution in [0.4, 0.5) is 0 Å². The van der Waals surface area contributed by atoms with E-state index in [9.17, 15) is 9.59 Å². The smallest absolute Gasteiger partial charge is 0.185 e. The highest BCUT2D eigenvalue weighted by atomic mass is 16.1. The summed E-state index contributed by atoms with van der Waals surface area (Å²) in [7, 11) is 0. The van der Waals surface area contributed by atoms with Crippen LogP contribution in [0.1, 0.15) is 95.3 Å². The van der Waals surface area contributed by atoms with Crippen LogP contribution >= 0.6 is 0 Å². The van der Waals surface area contributed by atoms with Crippen LogP contribution in [0.25, 0.3) is 12.2 Å². The van der Waals surface area contributed by atoms with Gasteiger partial charge in [0, 0.05) is 11.1 Å². The van der Waals surface area contributed by atoms with E-state index in [0.29, 0.717) is 11.1 Å². The van der Waals surface area contributed by atoms with Gasteiger partial charge in [0.25, 0.3) is 0 Å². The Labute approximate surface area is 193 Å². The second-order valence-electron chi connectivity index (χ2n) is 8.21. The van der Waals surface area contributed by atoms with Crippen molar-refractivity contribution in [2.75, 3.05) is 0 Å². The van der Waals surface area contributed by atoms with Crippen molar-refractivity contribution in [3.05, 3.63) is 95.1 Å². The summed E-state index contributed by atoms with van der Waals surface area (Å²) < 4.78 is 0. The fourth-order valence-electron chi connectivity index (χ4n) is 3.82. The summed E-state index contributed by atoms with van der Waals surface area (Å²) in [5, 5.41) is 0. The van der Waals surface area contributed by atoms with Crippen molar-refractivity contribution >= 4 is 23.7 Å². The molecule has 0 unspecified atom stereocenters. The molecule has 0 fully saturated rings. The van der Waals surface area contributed by atoms with Crippen LogP contribution in [0.5, 0.6) is 0 Å². The minimum absolute atomic E-state index is 0.0436. The monoisotopic (exact) mass is 428 g/mol. The predicted octanol–water partition coefficient (Wildman–Crippen LogP) is 8.06. The molecule has 2 heteroatoms. The van der Waals surface area contributed by atoms with E-state index in [1.165, 1.54) is 36.1 Å². The van der Waals surface area contributed by atoms with Crippen molar-refractivity contribution < 1.29 is 9.59 Å². The largest absolute Gasteiger partial charge is 0.289 e. The van der Waals surface area contributed by atoms with E-state index in [4.69, 9.17) is 0 Å². The number of unbranched alkanes of at least 4 members (excludes halogenated alkanes) is 4. The zero-order valence-corrected chi connectivity index (χ0v) is 19.7. The Morgan fingerprint density at radius 3 is 1.44 bits per heavy atom. The second kappa shape index (κ2) is 13.4. The molecule has 0 atom stereocenters. The average Bonchev–Trinajstić information content (AvgIpc) is 2.82. The van der Waals surface area contributed by atoms with E-state index in [1.807, 2.05) is 36.4 Å². The van der Waals surface area contributed by atoms with Crippen LogP contribution in [0.3, 0.4) is 0 Å². The van der Waals surface area contributed by atoms with Gasteiger partial charge >= 0.3 is 0 Å². The minimum atomic E-state index is -0.0436. The van der Waals surface area contributed by atoms with Crippen LogP contribution in [0, 0.1) is 0 Å². The average molecular weight is 429 g/mol. The zero-order chi connectivity index (χ0) is 23.3. The molecule has 0 heterocycles. The molecule has 32 heavy (non-hydrogen) atoms. The summed E-state index contributed by atoms with van der Waals surface area (Å²) in [6.45, 7) is 11.6. The summed E-state index contributed by atoms with van der Waals surface area (Å²) in [5.74, 6) is -0.0871. The molecule has 0 amide bonds. The first kappa shape index (κ1) is 25.3. The van der Waals surface area contributed by atoms with Crippen molar-refractivity contribution in [2.45, 2.75) is 65.2 Å². The maximum absolute atomic E-state index is 12.1. The van der Waals surface area contributed by atoms with Crippen molar-refractivity contribution in [1.29, 1.82) is 0 Å². The van der Waals surface area contributed by atoms with Crippen molar-refractivity contribution in [1.82, 2.24) is 0 Å². The molecule has 2 rings (SSSR count). The maximum atomic E-state index is 12.1. The zero-order valence-electron chi connectivity index (χ0n) is 19.7. The van der Waals surface area contributed by atoms with Crippen LogP contribution < -0.4 is 0 Å². The molecule has 0 saturated heterocycles. The lowest BCUT2D eigenvalue weighted by atomic mass is 9.94. The molecular formula is C30H36O2. The van der Waals surface area contributed by atoms with Gasteiger partial charge in [0.15, 0.2) is 11.6 Å². The summed E-state index contributed by atoms with van der Waals surface area (Å²) in [6.07, 6.45) is 15.8. The molecule has 168 valence electrons. The number of hydrogen-bond donors (Lipinski definition) is 0. The van der Waals surface area contributed by atoms with Gasteiger partial charge in [0.1, 0.15) is 0 Å². The topological polar surface area (TPSA) is 34.1 Å². The molecule has 0 aliphatic carbocycles. The highest BCUT2D eigenvalue weighted by molar-refractivity contribution is 6.05.